The molecular weight excluding hydrogens is 162 g/mol. The lowest BCUT2D eigenvalue weighted by Gasteiger charge is -2.04. The highest BCUT2D eigenvalue weighted by atomic mass is 32.2. The largest absolute Gasteiger partial charge is 0.369 e. The highest BCUT2D eigenvalue weighted by Crippen LogP contribution is 2.07. The molecular formula is C7H13NO2S. The van der Waals surface area contributed by atoms with Crippen molar-refractivity contribution in [2.75, 3.05) is 11.5 Å². The van der Waals surface area contributed by atoms with Gasteiger partial charge in [-0.1, -0.05) is 6.92 Å². The Morgan fingerprint density at radius 3 is 2.45 bits per heavy atom. The normalized spacial score (nSPS) is 12.5. The van der Waals surface area contributed by atoms with Crippen LogP contribution < -0.4 is 5.73 Å². The smallest absolute Gasteiger partial charge is 0.227 e. The third kappa shape index (κ3) is 5.91. The van der Waals surface area contributed by atoms with Crippen LogP contribution >= 0.6 is 11.8 Å². The maximum atomic E-state index is 10.7. The summed E-state index contributed by atoms with van der Waals surface area (Å²) in [6.07, 6.45) is 0. The first-order valence-corrected chi connectivity index (χ1v) is 4.56. The molecule has 0 fully saturated rings. The Bertz CT molecular complexity index is 159. The topological polar surface area (TPSA) is 60.2 Å². The van der Waals surface area contributed by atoms with Crippen molar-refractivity contribution in [3.05, 3.63) is 0 Å². The molecule has 0 aliphatic rings. The molecule has 0 spiro atoms. The quantitative estimate of drug-likeness (QED) is 0.659. The van der Waals surface area contributed by atoms with Crippen LogP contribution in [0, 0.1) is 5.92 Å². The van der Waals surface area contributed by atoms with Crippen molar-refractivity contribution in [2.45, 2.75) is 13.8 Å². The van der Waals surface area contributed by atoms with Gasteiger partial charge >= 0.3 is 0 Å². The molecule has 1 amide bonds. The van der Waals surface area contributed by atoms with Crippen molar-refractivity contribution >= 4 is 23.5 Å². The molecule has 3 nitrogen and oxygen atoms in total. The number of carbonyl (C=O) groups is 2. The van der Waals surface area contributed by atoms with Crippen molar-refractivity contribution in [3.8, 4) is 0 Å². The van der Waals surface area contributed by atoms with E-state index in [1.165, 1.54) is 11.8 Å². The van der Waals surface area contributed by atoms with E-state index < -0.39 is 0 Å². The first-order chi connectivity index (χ1) is 5.04. The van der Waals surface area contributed by atoms with E-state index in [0.29, 0.717) is 11.5 Å². The van der Waals surface area contributed by atoms with Crippen molar-refractivity contribution < 1.29 is 9.59 Å². The average molecular weight is 175 g/mol. The number of primary amides is 1. The third-order valence-electron chi connectivity index (χ3n) is 1.31. The number of ketones is 1. The minimum absolute atomic E-state index is 0.0272. The molecule has 0 rings (SSSR count). The van der Waals surface area contributed by atoms with Crippen LogP contribution in [0.25, 0.3) is 0 Å². The standard InChI is InChI=1S/C7H13NO2S/c1-5(6(2)9)3-11-4-7(8)10/h5H,3-4H2,1-2H3,(H2,8,10)/t5-/m0/s1. The first-order valence-electron chi connectivity index (χ1n) is 3.40. The summed E-state index contributed by atoms with van der Waals surface area (Å²) >= 11 is 1.40. The Hall–Kier alpha value is -0.510. The summed E-state index contributed by atoms with van der Waals surface area (Å²) in [6, 6.07) is 0. The van der Waals surface area contributed by atoms with E-state index in [9.17, 15) is 9.59 Å². The minimum Gasteiger partial charge on any atom is -0.369 e. The SMILES string of the molecule is CC(=O)[C@@H](C)CSCC(N)=O. The van der Waals surface area contributed by atoms with Gasteiger partial charge in [-0.3, -0.25) is 9.59 Å². The van der Waals surface area contributed by atoms with Gasteiger partial charge in [0.2, 0.25) is 5.91 Å². The van der Waals surface area contributed by atoms with Crippen LogP contribution in [-0.2, 0) is 9.59 Å². The molecule has 0 aliphatic carbocycles. The van der Waals surface area contributed by atoms with Gasteiger partial charge in [-0.2, -0.15) is 11.8 Å². The van der Waals surface area contributed by atoms with Gasteiger partial charge < -0.3 is 5.73 Å². The van der Waals surface area contributed by atoms with Crippen LogP contribution in [0.3, 0.4) is 0 Å². The molecule has 0 aromatic heterocycles. The van der Waals surface area contributed by atoms with E-state index in [-0.39, 0.29) is 17.6 Å². The van der Waals surface area contributed by atoms with E-state index in [2.05, 4.69) is 0 Å². The van der Waals surface area contributed by atoms with E-state index in [0.717, 1.165) is 0 Å². The zero-order chi connectivity index (χ0) is 8.85. The molecule has 0 saturated carbocycles. The highest BCUT2D eigenvalue weighted by Gasteiger charge is 2.07. The van der Waals surface area contributed by atoms with Gasteiger partial charge in [-0.15, -0.1) is 0 Å². The lowest BCUT2D eigenvalue weighted by molar-refractivity contribution is -0.119. The van der Waals surface area contributed by atoms with Gasteiger partial charge in [0.05, 0.1) is 5.75 Å². The van der Waals surface area contributed by atoms with Gasteiger partial charge in [0, 0.05) is 11.7 Å². The molecule has 2 N–H and O–H groups in total. The van der Waals surface area contributed by atoms with E-state index >= 15 is 0 Å². The monoisotopic (exact) mass is 175 g/mol. The molecule has 0 aliphatic heterocycles. The fourth-order valence-electron chi connectivity index (χ4n) is 0.454. The van der Waals surface area contributed by atoms with Gasteiger partial charge in [0.25, 0.3) is 0 Å². The summed E-state index contributed by atoms with van der Waals surface area (Å²) in [7, 11) is 0. The van der Waals surface area contributed by atoms with Gasteiger partial charge in [0.1, 0.15) is 5.78 Å². The number of rotatable bonds is 5. The van der Waals surface area contributed by atoms with Crippen molar-refractivity contribution in [1.82, 2.24) is 0 Å². The molecule has 11 heavy (non-hydrogen) atoms. The lowest BCUT2D eigenvalue weighted by atomic mass is 10.1. The van der Waals surface area contributed by atoms with E-state index in [4.69, 9.17) is 5.73 Å². The molecule has 0 radical (unpaired) electrons. The number of thioether (sulfide) groups is 1. The number of hydrogen-bond donors (Lipinski definition) is 1. The van der Waals surface area contributed by atoms with Gasteiger partial charge in [-0.05, 0) is 6.92 Å². The molecule has 0 heterocycles. The first kappa shape index (κ1) is 10.5. The Labute approximate surface area is 70.7 Å². The number of Topliss-reactive ketones (excluding diaryl/α,β-unsaturated/α-hetero) is 1. The predicted octanol–water partition coefficient (Wildman–Crippen LogP) is 0.430. The Kier molecular flexibility index (Phi) is 4.94. The van der Waals surface area contributed by atoms with Crippen LogP contribution in [0.15, 0.2) is 0 Å². The summed E-state index contributed by atoms with van der Waals surface area (Å²) in [5.74, 6) is 0.836. The number of nitrogens with two attached hydrogens (primary N) is 1. The van der Waals surface area contributed by atoms with Crippen molar-refractivity contribution in [2.24, 2.45) is 11.7 Å². The minimum atomic E-state index is -0.328. The predicted molar refractivity (Wildman–Crippen MR) is 46.4 cm³/mol. The Morgan fingerprint density at radius 2 is 2.09 bits per heavy atom. The van der Waals surface area contributed by atoms with Gasteiger partial charge in [-0.25, -0.2) is 0 Å². The molecule has 0 aromatic carbocycles. The fourth-order valence-corrected chi connectivity index (χ4v) is 1.36. The molecule has 0 aromatic rings. The number of carbonyl (C=O) groups excluding carboxylic acids is 2. The molecule has 4 heteroatoms. The van der Waals surface area contributed by atoms with Crippen LogP contribution in [0.2, 0.25) is 0 Å². The molecule has 0 bridgehead atoms. The summed E-state index contributed by atoms with van der Waals surface area (Å²) in [5, 5.41) is 0. The molecule has 64 valence electrons. The second kappa shape index (κ2) is 5.18. The Morgan fingerprint density at radius 1 is 1.55 bits per heavy atom. The van der Waals surface area contributed by atoms with Crippen LogP contribution in [-0.4, -0.2) is 23.2 Å². The third-order valence-corrected chi connectivity index (χ3v) is 2.53. The number of amides is 1. The fraction of sp³-hybridized carbons (Fsp3) is 0.714. The molecule has 1 atom stereocenters. The molecule has 0 saturated heterocycles. The average Bonchev–Trinajstić information content (AvgIpc) is 1.86. The van der Waals surface area contributed by atoms with Crippen molar-refractivity contribution in [1.29, 1.82) is 0 Å². The van der Waals surface area contributed by atoms with Crippen LogP contribution in [0.5, 0.6) is 0 Å². The second-order valence-electron chi connectivity index (χ2n) is 2.49. The van der Waals surface area contributed by atoms with Crippen LogP contribution in [0.4, 0.5) is 0 Å². The maximum Gasteiger partial charge on any atom is 0.227 e. The summed E-state index contributed by atoms with van der Waals surface area (Å²) in [5.41, 5.74) is 4.91. The van der Waals surface area contributed by atoms with Gasteiger partial charge in [0.15, 0.2) is 0 Å². The lowest BCUT2D eigenvalue weighted by Crippen LogP contribution is -2.16. The van der Waals surface area contributed by atoms with E-state index in [1.54, 1.807) is 6.92 Å². The number of hydrogen-bond acceptors (Lipinski definition) is 3. The zero-order valence-corrected chi connectivity index (χ0v) is 7.61. The molecule has 0 unspecified atom stereocenters. The highest BCUT2D eigenvalue weighted by molar-refractivity contribution is 7.99. The summed E-state index contributed by atoms with van der Waals surface area (Å²) in [4.78, 5) is 21.0. The van der Waals surface area contributed by atoms with Crippen molar-refractivity contribution in [3.63, 3.8) is 0 Å². The zero-order valence-electron chi connectivity index (χ0n) is 6.79. The maximum absolute atomic E-state index is 10.7. The second-order valence-corrected chi connectivity index (χ2v) is 3.52. The van der Waals surface area contributed by atoms with Crippen LogP contribution in [0.1, 0.15) is 13.8 Å². The Balaban J connectivity index is 3.39. The van der Waals surface area contributed by atoms with E-state index in [1.807, 2.05) is 6.92 Å². The summed E-state index contributed by atoms with van der Waals surface area (Å²) < 4.78 is 0. The summed E-state index contributed by atoms with van der Waals surface area (Å²) in [6.45, 7) is 3.39.